The van der Waals surface area contributed by atoms with Gasteiger partial charge in [0.15, 0.2) is 0 Å². The number of hydrogen-bond acceptors (Lipinski definition) is 2. The summed E-state index contributed by atoms with van der Waals surface area (Å²) < 4.78 is 2.27. The fraction of sp³-hybridized carbons (Fsp3) is 0.118. The second-order valence-corrected chi connectivity index (χ2v) is 4.92. The Morgan fingerprint density at radius 3 is 2.48 bits per heavy atom. The summed E-state index contributed by atoms with van der Waals surface area (Å²) in [6.07, 6.45) is 0. The molecule has 1 aliphatic rings. The first-order valence-electron chi connectivity index (χ1n) is 6.88. The van der Waals surface area contributed by atoms with Gasteiger partial charge in [0.25, 0.3) is 0 Å². The first-order chi connectivity index (χ1) is 9.93. The largest absolute Gasteiger partial charge is 0.367 e. The summed E-state index contributed by atoms with van der Waals surface area (Å²) in [5, 5.41) is 4.61. The number of rotatable bonds is 2. The number of para-hydroxylation sites is 2. The summed E-state index contributed by atoms with van der Waals surface area (Å²) in [7, 11) is 0. The molecule has 0 saturated carbocycles. The van der Waals surface area contributed by atoms with Crippen molar-refractivity contribution in [3.8, 4) is 5.69 Å². The third-order valence-electron chi connectivity index (χ3n) is 3.64. The minimum Gasteiger partial charge on any atom is -0.367 e. The predicted molar refractivity (Wildman–Crippen MR) is 89.9 cm³/mol. The van der Waals surface area contributed by atoms with Gasteiger partial charge in [-0.25, -0.2) is 0 Å². The van der Waals surface area contributed by atoms with Crippen LogP contribution in [-0.2, 0) is 0 Å². The van der Waals surface area contributed by atoms with Crippen LogP contribution in [-0.4, -0.2) is 23.5 Å². The van der Waals surface area contributed by atoms with Gasteiger partial charge in [-0.3, -0.25) is 4.99 Å². The van der Waals surface area contributed by atoms with E-state index in [1.165, 1.54) is 16.6 Å². The monoisotopic (exact) mass is 297 g/mol. The maximum atomic E-state index is 4.57. The molecule has 0 fully saturated rings. The van der Waals surface area contributed by atoms with E-state index in [0.29, 0.717) is 0 Å². The molecule has 2 heterocycles. The van der Waals surface area contributed by atoms with E-state index in [9.17, 15) is 0 Å². The van der Waals surface area contributed by atoms with E-state index in [0.717, 1.165) is 24.6 Å². The highest BCUT2D eigenvalue weighted by Crippen LogP contribution is 2.25. The van der Waals surface area contributed by atoms with Gasteiger partial charge in [0.1, 0.15) is 5.84 Å². The molecule has 1 aromatic heterocycles. The zero-order chi connectivity index (χ0) is 13.4. The number of fused-ring (bicyclic) bond motifs is 1. The molecule has 4 heteroatoms. The van der Waals surface area contributed by atoms with Crippen LogP contribution in [0.25, 0.3) is 16.6 Å². The summed E-state index contributed by atoms with van der Waals surface area (Å²) in [6.45, 7) is 1.78. The van der Waals surface area contributed by atoms with Gasteiger partial charge >= 0.3 is 0 Å². The highest BCUT2D eigenvalue weighted by Gasteiger charge is 2.16. The van der Waals surface area contributed by atoms with E-state index < -0.39 is 0 Å². The number of benzene rings is 2. The lowest BCUT2D eigenvalue weighted by Crippen LogP contribution is -2.22. The molecule has 4 rings (SSSR count). The van der Waals surface area contributed by atoms with E-state index in [2.05, 4.69) is 69.5 Å². The standard InChI is InChI=1S/C17H15N3.ClH/c1-2-7-14(8-3-1)20-15-9-5-4-6-13(15)12-16(20)17-18-10-11-19-17;/h1-9,12H,10-11H2,(H,18,19);1H. The molecule has 1 N–H and O–H groups in total. The molecular formula is C17H16ClN3. The molecule has 0 radical (unpaired) electrons. The van der Waals surface area contributed by atoms with Crippen molar-refractivity contribution in [3.05, 3.63) is 66.4 Å². The molecule has 0 bridgehead atoms. The van der Waals surface area contributed by atoms with Crippen molar-refractivity contribution >= 4 is 29.1 Å². The van der Waals surface area contributed by atoms with Crippen molar-refractivity contribution in [3.63, 3.8) is 0 Å². The number of nitrogens with zero attached hydrogens (tertiary/aromatic N) is 2. The van der Waals surface area contributed by atoms with Crippen LogP contribution in [0.15, 0.2) is 65.7 Å². The van der Waals surface area contributed by atoms with Crippen LogP contribution in [0.1, 0.15) is 5.69 Å². The van der Waals surface area contributed by atoms with Crippen LogP contribution in [0.2, 0.25) is 0 Å². The highest BCUT2D eigenvalue weighted by molar-refractivity contribution is 6.03. The van der Waals surface area contributed by atoms with Crippen molar-refractivity contribution in [1.82, 2.24) is 9.88 Å². The Morgan fingerprint density at radius 1 is 0.952 bits per heavy atom. The normalized spacial score (nSPS) is 13.6. The van der Waals surface area contributed by atoms with Gasteiger partial charge in [-0.2, -0.15) is 0 Å². The predicted octanol–water partition coefficient (Wildman–Crippen LogP) is 3.40. The average Bonchev–Trinajstić information content (AvgIpc) is 3.15. The zero-order valence-corrected chi connectivity index (χ0v) is 12.3. The molecule has 21 heavy (non-hydrogen) atoms. The van der Waals surface area contributed by atoms with Gasteiger partial charge in [0.05, 0.1) is 17.8 Å². The maximum absolute atomic E-state index is 4.57. The van der Waals surface area contributed by atoms with E-state index in [-0.39, 0.29) is 12.4 Å². The Bertz CT molecular complexity index is 790. The zero-order valence-electron chi connectivity index (χ0n) is 11.5. The van der Waals surface area contributed by atoms with Gasteiger partial charge in [-0.1, -0.05) is 36.4 Å². The quantitative estimate of drug-likeness (QED) is 0.772. The number of halogens is 1. The molecule has 106 valence electrons. The average molecular weight is 298 g/mol. The van der Waals surface area contributed by atoms with Crippen LogP contribution >= 0.6 is 12.4 Å². The molecule has 3 aromatic rings. The lowest BCUT2D eigenvalue weighted by molar-refractivity contribution is 0.955. The minimum atomic E-state index is 0. The number of amidine groups is 1. The molecule has 0 atom stereocenters. The van der Waals surface area contributed by atoms with E-state index in [1.54, 1.807) is 0 Å². The van der Waals surface area contributed by atoms with Gasteiger partial charge in [0.2, 0.25) is 0 Å². The first-order valence-corrected chi connectivity index (χ1v) is 6.88. The molecule has 0 saturated heterocycles. The van der Waals surface area contributed by atoms with Crippen molar-refractivity contribution in [2.24, 2.45) is 4.99 Å². The molecule has 2 aromatic carbocycles. The number of aliphatic imine (C=N–C) groups is 1. The first kappa shape index (κ1) is 13.7. The van der Waals surface area contributed by atoms with Gasteiger partial charge in [-0.15, -0.1) is 12.4 Å². The summed E-state index contributed by atoms with van der Waals surface area (Å²) in [6, 6.07) is 21.1. The summed E-state index contributed by atoms with van der Waals surface area (Å²) in [5.74, 6) is 0.991. The van der Waals surface area contributed by atoms with Crippen LogP contribution in [0.3, 0.4) is 0 Å². The summed E-state index contributed by atoms with van der Waals surface area (Å²) in [4.78, 5) is 4.57. The Morgan fingerprint density at radius 2 is 1.71 bits per heavy atom. The number of hydrogen-bond donors (Lipinski definition) is 1. The van der Waals surface area contributed by atoms with Crippen molar-refractivity contribution < 1.29 is 0 Å². The number of nitrogens with one attached hydrogen (secondary N) is 1. The molecule has 0 amide bonds. The molecule has 0 spiro atoms. The Hall–Kier alpha value is -2.26. The second kappa shape index (κ2) is 5.62. The molecule has 0 aliphatic carbocycles. The lowest BCUT2D eigenvalue weighted by atomic mass is 10.2. The van der Waals surface area contributed by atoms with Gasteiger partial charge in [-0.05, 0) is 24.3 Å². The van der Waals surface area contributed by atoms with Gasteiger partial charge in [0, 0.05) is 17.6 Å². The molecular weight excluding hydrogens is 282 g/mol. The molecule has 3 nitrogen and oxygen atoms in total. The van der Waals surface area contributed by atoms with Crippen LogP contribution in [0, 0.1) is 0 Å². The van der Waals surface area contributed by atoms with Crippen molar-refractivity contribution in [1.29, 1.82) is 0 Å². The fourth-order valence-electron chi connectivity index (χ4n) is 2.75. The lowest BCUT2D eigenvalue weighted by Gasteiger charge is -2.11. The Labute approximate surface area is 129 Å². The third kappa shape index (κ3) is 2.30. The van der Waals surface area contributed by atoms with E-state index in [4.69, 9.17) is 0 Å². The smallest absolute Gasteiger partial charge is 0.145 e. The topological polar surface area (TPSA) is 29.3 Å². The fourth-order valence-corrected chi connectivity index (χ4v) is 2.75. The van der Waals surface area contributed by atoms with E-state index in [1.807, 2.05) is 6.07 Å². The van der Waals surface area contributed by atoms with Crippen LogP contribution < -0.4 is 5.32 Å². The summed E-state index contributed by atoms with van der Waals surface area (Å²) in [5.41, 5.74) is 3.51. The Balaban J connectivity index is 0.00000132. The van der Waals surface area contributed by atoms with Gasteiger partial charge < -0.3 is 9.88 Å². The van der Waals surface area contributed by atoms with Crippen molar-refractivity contribution in [2.45, 2.75) is 0 Å². The SMILES string of the molecule is Cl.c1ccc(-n2c(C3=NCCN3)cc3ccccc32)cc1. The molecule has 0 unspecified atom stereocenters. The maximum Gasteiger partial charge on any atom is 0.145 e. The van der Waals surface area contributed by atoms with Crippen LogP contribution in [0.4, 0.5) is 0 Å². The second-order valence-electron chi connectivity index (χ2n) is 4.92. The molecule has 1 aliphatic heterocycles. The van der Waals surface area contributed by atoms with E-state index >= 15 is 0 Å². The Kier molecular flexibility index (Phi) is 3.67. The third-order valence-corrected chi connectivity index (χ3v) is 3.64. The minimum absolute atomic E-state index is 0. The van der Waals surface area contributed by atoms with Crippen molar-refractivity contribution in [2.75, 3.05) is 13.1 Å². The number of aromatic nitrogens is 1. The highest BCUT2D eigenvalue weighted by atomic mass is 35.5. The van der Waals surface area contributed by atoms with Crippen LogP contribution in [0.5, 0.6) is 0 Å². The summed E-state index contributed by atoms with van der Waals surface area (Å²) >= 11 is 0.